The van der Waals surface area contributed by atoms with Gasteiger partial charge >= 0.3 is 0 Å². The van der Waals surface area contributed by atoms with E-state index in [1.54, 1.807) is 12.1 Å². The van der Waals surface area contributed by atoms with E-state index in [0.29, 0.717) is 11.5 Å². The Kier molecular flexibility index (Phi) is 4.29. The van der Waals surface area contributed by atoms with Gasteiger partial charge in [-0.1, -0.05) is 30.3 Å². The van der Waals surface area contributed by atoms with Gasteiger partial charge in [0.05, 0.1) is 6.04 Å². The highest BCUT2D eigenvalue weighted by molar-refractivity contribution is 5.93. The van der Waals surface area contributed by atoms with E-state index in [0.717, 1.165) is 11.3 Å². The van der Waals surface area contributed by atoms with Crippen LogP contribution in [0.15, 0.2) is 52.9 Å². The third-order valence-corrected chi connectivity index (χ3v) is 3.62. The molecule has 122 valence electrons. The number of aromatic nitrogens is 2. The van der Waals surface area contributed by atoms with Gasteiger partial charge in [-0.3, -0.25) is 4.79 Å². The van der Waals surface area contributed by atoms with Crippen molar-refractivity contribution in [3.63, 3.8) is 0 Å². The molecule has 0 aliphatic heterocycles. The molecule has 0 unspecified atom stereocenters. The van der Waals surface area contributed by atoms with Crippen molar-refractivity contribution in [3.05, 3.63) is 65.5 Å². The zero-order chi connectivity index (χ0) is 17.1. The average Bonchev–Trinajstić information content (AvgIpc) is 3.01. The highest BCUT2D eigenvalue weighted by Gasteiger charge is 2.16. The van der Waals surface area contributed by atoms with Crippen molar-refractivity contribution in [1.82, 2.24) is 15.3 Å². The van der Waals surface area contributed by atoms with Crippen LogP contribution in [0.5, 0.6) is 0 Å². The number of rotatable bonds is 4. The number of nitrogen functional groups attached to an aromatic ring is 1. The zero-order valence-corrected chi connectivity index (χ0v) is 13.5. The lowest BCUT2D eigenvalue weighted by Gasteiger charge is -2.14. The van der Waals surface area contributed by atoms with Crippen LogP contribution in [0.4, 0.5) is 5.95 Å². The molecule has 0 saturated carbocycles. The predicted molar refractivity (Wildman–Crippen MR) is 91.2 cm³/mol. The summed E-state index contributed by atoms with van der Waals surface area (Å²) in [7, 11) is 0. The van der Waals surface area contributed by atoms with Crippen LogP contribution in [0.3, 0.4) is 0 Å². The predicted octanol–water partition coefficient (Wildman–Crippen LogP) is 3.12. The largest absolute Gasteiger partial charge is 0.460 e. The van der Waals surface area contributed by atoms with E-state index in [1.807, 2.05) is 50.2 Å². The Morgan fingerprint density at radius 1 is 1.17 bits per heavy atom. The number of furan rings is 1. The van der Waals surface area contributed by atoms with E-state index in [2.05, 4.69) is 15.3 Å². The molecular formula is C18H18N4O2. The summed E-state index contributed by atoms with van der Waals surface area (Å²) >= 11 is 0. The second kappa shape index (κ2) is 6.54. The first kappa shape index (κ1) is 15.7. The molecule has 0 radical (unpaired) electrons. The van der Waals surface area contributed by atoms with E-state index in [1.165, 1.54) is 0 Å². The van der Waals surface area contributed by atoms with Gasteiger partial charge in [0.1, 0.15) is 17.1 Å². The number of aryl methyl sites for hydroxylation is 1. The van der Waals surface area contributed by atoms with Gasteiger partial charge in [-0.25, -0.2) is 9.97 Å². The summed E-state index contributed by atoms with van der Waals surface area (Å²) in [5.41, 5.74) is 7.43. The molecule has 3 rings (SSSR count). The van der Waals surface area contributed by atoms with E-state index in [-0.39, 0.29) is 23.6 Å². The summed E-state index contributed by atoms with van der Waals surface area (Å²) in [6.45, 7) is 3.75. The molecule has 0 aliphatic rings. The van der Waals surface area contributed by atoms with Gasteiger partial charge in [-0.15, -0.1) is 0 Å². The molecule has 3 N–H and O–H groups in total. The fourth-order valence-electron chi connectivity index (χ4n) is 2.38. The first-order chi connectivity index (χ1) is 11.5. The first-order valence-electron chi connectivity index (χ1n) is 7.60. The normalized spacial score (nSPS) is 11.9. The second-order valence-electron chi connectivity index (χ2n) is 5.51. The van der Waals surface area contributed by atoms with Crippen LogP contribution >= 0.6 is 0 Å². The van der Waals surface area contributed by atoms with Crippen molar-refractivity contribution < 1.29 is 9.21 Å². The molecular weight excluding hydrogens is 304 g/mol. The molecule has 24 heavy (non-hydrogen) atoms. The van der Waals surface area contributed by atoms with E-state index in [9.17, 15) is 4.79 Å². The SMILES string of the molecule is Cc1ccc(-c2cc(C(=O)N[C@H](C)c3ccccc3)nc(N)n2)o1. The molecule has 1 amide bonds. The minimum absolute atomic E-state index is 0.0269. The molecule has 0 fully saturated rings. The first-order valence-corrected chi connectivity index (χ1v) is 7.60. The number of carbonyl (C=O) groups excluding carboxylic acids is 1. The van der Waals surface area contributed by atoms with Crippen LogP contribution in [-0.2, 0) is 0 Å². The van der Waals surface area contributed by atoms with Crippen molar-refractivity contribution in [2.24, 2.45) is 0 Å². The van der Waals surface area contributed by atoms with Crippen molar-refractivity contribution in [1.29, 1.82) is 0 Å². The number of benzene rings is 1. The Balaban J connectivity index is 1.83. The van der Waals surface area contributed by atoms with Gasteiger partial charge in [0.15, 0.2) is 5.76 Å². The summed E-state index contributed by atoms with van der Waals surface area (Å²) in [6, 6.07) is 14.7. The third kappa shape index (κ3) is 3.43. The molecule has 0 spiro atoms. The van der Waals surface area contributed by atoms with Crippen LogP contribution in [0.1, 0.15) is 34.8 Å². The van der Waals surface area contributed by atoms with Crippen LogP contribution in [-0.4, -0.2) is 15.9 Å². The maximum atomic E-state index is 12.5. The summed E-state index contributed by atoms with van der Waals surface area (Å²) in [6.07, 6.45) is 0. The van der Waals surface area contributed by atoms with Crippen molar-refractivity contribution in [3.8, 4) is 11.5 Å². The average molecular weight is 322 g/mol. The molecule has 0 bridgehead atoms. The van der Waals surface area contributed by atoms with E-state index < -0.39 is 0 Å². The Labute approximate surface area is 139 Å². The highest BCUT2D eigenvalue weighted by atomic mass is 16.3. The third-order valence-electron chi connectivity index (χ3n) is 3.62. The molecule has 0 aliphatic carbocycles. The molecule has 1 atom stereocenters. The van der Waals surface area contributed by atoms with Crippen LogP contribution in [0, 0.1) is 6.92 Å². The van der Waals surface area contributed by atoms with Crippen molar-refractivity contribution in [2.75, 3.05) is 5.73 Å². The van der Waals surface area contributed by atoms with Crippen LogP contribution in [0.25, 0.3) is 11.5 Å². The summed E-state index contributed by atoms with van der Waals surface area (Å²) in [5.74, 6) is 1.02. The Morgan fingerprint density at radius 3 is 2.58 bits per heavy atom. The smallest absolute Gasteiger partial charge is 0.270 e. The highest BCUT2D eigenvalue weighted by Crippen LogP contribution is 2.21. The van der Waals surface area contributed by atoms with Gasteiger partial charge in [0, 0.05) is 0 Å². The number of anilines is 1. The molecule has 6 nitrogen and oxygen atoms in total. The van der Waals surface area contributed by atoms with Gasteiger partial charge in [-0.05, 0) is 37.6 Å². The lowest BCUT2D eigenvalue weighted by molar-refractivity contribution is 0.0935. The molecule has 3 aromatic rings. The summed E-state index contributed by atoms with van der Waals surface area (Å²) in [4.78, 5) is 20.6. The Hall–Kier alpha value is -3.15. The van der Waals surface area contributed by atoms with E-state index >= 15 is 0 Å². The lowest BCUT2D eigenvalue weighted by atomic mass is 10.1. The van der Waals surface area contributed by atoms with Gasteiger partial charge in [-0.2, -0.15) is 0 Å². The number of nitrogens with one attached hydrogen (secondary N) is 1. The minimum Gasteiger partial charge on any atom is -0.460 e. The number of carbonyl (C=O) groups is 1. The quantitative estimate of drug-likeness (QED) is 0.769. The zero-order valence-electron chi connectivity index (χ0n) is 13.5. The molecule has 6 heteroatoms. The van der Waals surface area contributed by atoms with Crippen LogP contribution < -0.4 is 11.1 Å². The van der Waals surface area contributed by atoms with Crippen molar-refractivity contribution in [2.45, 2.75) is 19.9 Å². The summed E-state index contributed by atoms with van der Waals surface area (Å²) < 4.78 is 5.53. The number of amides is 1. The molecule has 0 saturated heterocycles. The Bertz CT molecular complexity index is 858. The topological polar surface area (TPSA) is 94.0 Å². The number of nitrogens with zero attached hydrogens (tertiary/aromatic N) is 2. The number of hydrogen-bond acceptors (Lipinski definition) is 5. The maximum Gasteiger partial charge on any atom is 0.270 e. The maximum absolute atomic E-state index is 12.5. The molecule has 2 aromatic heterocycles. The van der Waals surface area contributed by atoms with Crippen molar-refractivity contribution >= 4 is 11.9 Å². The standard InChI is InChI=1S/C18H18N4O2/c1-11-8-9-16(24-11)14-10-15(22-18(19)21-14)17(23)20-12(2)13-6-4-3-5-7-13/h3-10,12H,1-2H3,(H,20,23)(H2,19,21,22)/t12-/m1/s1. The molecule has 1 aromatic carbocycles. The molecule has 2 heterocycles. The second-order valence-corrected chi connectivity index (χ2v) is 5.51. The fraction of sp³-hybridized carbons (Fsp3) is 0.167. The fourth-order valence-corrected chi connectivity index (χ4v) is 2.38. The number of nitrogens with two attached hydrogens (primary N) is 1. The van der Waals surface area contributed by atoms with Gasteiger partial charge < -0.3 is 15.5 Å². The van der Waals surface area contributed by atoms with Gasteiger partial charge in [0.2, 0.25) is 5.95 Å². The monoisotopic (exact) mass is 322 g/mol. The Morgan fingerprint density at radius 2 is 1.92 bits per heavy atom. The van der Waals surface area contributed by atoms with E-state index in [4.69, 9.17) is 10.2 Å². The number of hydrogen-bond donors (Lipinski definition) is 2. The summed E-state index contributed by atoms with van der Waals surface area (Å²) in [5, 5.41) is 2.91. The minimum atomic E-state index is -0.315. The van der Waals surface area contributed by atoms with Gasteiger partial charge in [0.25, 0.3) is 5.91 Å². The lowest BCUT2D eigenvalue weighted by Crippen LogP contribution is -2.27. The van der Waals surface area contributed by atoms with Crippen LogP contribution in [0.2, 0.25) is 0 Å².